The Morgan fingerprint density at radius 1 is 1.30 bits per heavy atom. The fourth-order valence-corrected chi connectivity index (χ4v) is 4.47. The van der Waals surface area contributed by atoms with Gasteiger partial charge in [-0.15, -0.1) is 11.3 Å². The summed E-state index contributed by atoms with van der Waals surface area (Å²) in [6, 6.07) is 11.7. The lowest BCUT2D eigenvalue weighted by Crippen LogP contribution is -2.33. The fraction of sp³-hybridized carbons (Fsp3) is 0.286. The second-order valence-corrected chi connectivity index (χ2v) is 7.72. The van der Waals surface area contributed by atoms with E-state index < -0.39 is 0 Å². The number of aryl methyl sites for hydroxylation is 1. The Balaban J connectivity index is 1.38. The third kappa shape index (κ3) is 4.01. The molecule has 1 aliphatic rings. The molecule has 1 aliphatic carbocycles. The molecule has 1 atom stereocenters. The van der Waals surface area contributed by atoms with Crippen molar-refractivity contribution < 1.29 is 9.53 Å². The highest BCUT2D eigenvalue weighted by molar-refractivity contribution is 7.15. The maximum absolute atomic E-state index is 12.6. The van der Waals surface area contributed by atoms with E-state index in [0.29, 0.717) is 6.54 Å². The number of ether oxygens (including phenoxy) is 1. The quantitative estimate of drug-likeness (QED) is 0.735. The average Bonchev–Trinajstić information content (AvgIpc) is 3.16. The minimum atomic E-state index is 0.0120. The van der Waals surface area contributed by atoms with Gasteiger partial charge in [-0.25, -0.2) is 4.98 Å². The van der Waals surface area contributed by atoms with Crippen molar-refractivity contribution in [1.82, 2.24) is 15.3 Å². The number of aromatic nitrogens is 2. The molecule has 0 saturated heterocycles. The third-order valence-electron chi connectivity index (χ3n) is 4.84. The number of nitrogens with one attached hydrogen (secondary N) is 1. The number of carbonyl (C=O) groups excluding carboxylic acids is 1. The zero-order valence-electron chi connectivity index (χ0n) is 15.1. The summed E-state index contributed by atoms with van der Waals surface area (Å²) in [4.78, 5) is 22.8. The van der Waals surface area contributed by atoms with Gasteiger partial charge < -0.3 is 10.1 Å². The smallest absolute Gasteiger partial charge is 0.223 e. The largest absolute Gasteiger partial charge is 0.497 e. The molecule has 0 aliphatic heterocycles. The molecule has 27 heavy (non-hydrogen) atoms. The van der Waals surface area contributed by atoms with Crippen molar-refractivity contribution in [2.45, 2.75) is 25.8 Å². The van der Waals surface area contributed by atoms with Gasteiger partial charge in [0, 0.05) is 35.3 Å². The summed E-state index contributed by atoms with van der Waals surface area (Å²) in [5.74, 6) is 0.949. The Kier molecular flexibility index (Phi) is 5.16. The predicted molar refractivity (Wildman–Crippen MR) is 106 cm³/mol. The van der Waals surface area contributed by atoms with Crippen LogP contribution in [-0.2, 0) is 24.2 Å². The molecule has 5 nitrogen and oxygen atoms in total. The van der Waals surface area contributed by atoms with Gasteiger partial charge in [-0.1, -0.05) is 12.1 Å². The summed E-state index contributed by atoms with van der Waals surface area (Å²) < 4.78 is 5.16. The van der Waals surface area contributed by atoms with Gasteiger partial charge in [0.1, 0.15) is 10.8 Å². The van der Waals surface area contributed by atoms with Gasteiger partial charge in [-0.2, -0.15) is 0 Å². The maximum atomic E-state index is 12.6. The third-order valence-corrected chi connectivity index (χ3v) is 6.01. The lowest BCUT2D eigenvalue weighted by Gasteiger charge is -2.20. The summed E-state index contributed by atoms with van der Waals surface area (Å²) in [5.41, 5.74) is 3.24. The number of nitrogens with zero attached hydrogens (tertiary/aromatic N) is 2. The van der Waals surface area contributed by atoms with E-state index in [9.17, 15) is 4.79 Å². The van der Waals surface area contributed by atoms with Crippen LogP contribution in [0.4, 0.5) is 0 Å². The van der Waals surface area contributed by atoms with E-state index in [4.69, 9.17) is 9.72 Å². The second-order valence-electron chi connectivity index (χ2n) is 6.64. The van der Waals surface area contributed by atoms with Gasteiger partial charge in [0.25, 0.3) is 0 Å². The molecule has 2 aromatic heterocycles. The van der Waals surface area contributed by atoms with Crippen LogP contribution in [0.5, 0.6) is 5.75 Å². The number of rotatable bonds is 5. The predicted octanol–water partition coefficient (Wildman–Crippen LogP) is 3.64. The zero-order valence-corrected chi connectivity index (χ0v) is 16.0. The first kappa shape index (κ1) is 17.7. The van der Waals surface area contributed by atoms with E-state index >= 15 is 0 Å². The van der Waals surface area contributed by atoms with Crippen LogP contribution in [0.25, 0.3) is 10.6 Å². The number of thiazole rings is 1. The number of benzene rings is 1. The molecule has 1 amide bonds. The highest BCUT2D eigenvalue weighted by Crippen LogP contribution is 2.34. The van der Waals surface area contributed by atoms with E-state index in [1.807, 2.05) is 42.6 Å². The number of carbonyl (C=O) groups is 1. The molecule has 0 fully saturated rings. The number of methoxy groups -OCH3 is 1. The van der Waals surface area contributed by atoms with Crippen LogP contribution in [0.15, 0.2) is 48.8 Å². The molecule has 3 aromatic rings. The lowest BCUT2D eigenvalue weighted by atomic mass is 9.90. The number of hydrogen-bond donors (Lipinski definition) is 1. The molecule has 6 heteroatoms. The Labute approximate surface area is 162 Å². The van der Waals surface area contributed by atoms with Gasteiger partial charge in [-0.05, 0) is 49.1 Å². The molecule has 1 aromatic carbocycles. The molecule has 1 unspecified atom stereocenters. The van der Waals surface area contributed by atoms with Crippen LogP contribution in [0.2, 0.25) is 0 Å². The van der Waals surface area contributed by atoms with Crippen molar-refractivity contribution in [2.75, 3.05) is 7.11 Å². The minimum absolute atomic E-state index is 0.0120. The van der Waals surface area contributed by atoms with Gasteiger partial charge in [0.2, 0.25) is 5.91 Å². The standard InChI is InChI=1S/C21H21N3O2S/c1-26-17-7-4-14(5-8-17)12-23-20(25)15-6-9-18-19(11-15)27-21(24-18)16-3-2-10-22-13-16/h2-5,7-8,10,13,15H,6,9,11-12H2,1H3,(H,23,25). The molecular formula is C21H21N3O2S. The van der Waals surface area contributed by atoms with Gasteiger partial charge in [0.15, 0.2) is 0 Å². The van der Waals surface area contributed by atoms with Crippen LogP contribution in [0.1, 0.15) is 22.6 Å². The van der Waals surface area contributed by atoms with E-state index in [0.717, 1.165) is 46.8 Å². The molecule has 2 heterocycles. The molecule has 0 radical (unpaired) electrons. The first-order valence-corrected chi connectivity index (χ1v) is 9.84. The van der Waals surface area contributed by atoms with Crippen molar-refractivity contribution in [3.63, 3.8) is 0 Å². The summed E-state index contributed by atoms with van der Waals surface area (Å²) >= 11 is 1.68. The Morgan fingerprint density at radius 3 is 2.89 bits per heavy atom. The molecule has 4 rings (SSSR count). The molecular weight excluding hydrogens is 358 g/mol. The Morgan fingerprint density at radius 2 is 2.15 bits per heavy atom. The van der Waals surface area contributed by atoms with Crippen molar-refractivity contribution in [3.05, 3.63) is 64.9 Å². The number of hydrogen-bond acceptors (Lipinski definition) is 5. The summed E-state index contributed by atoms with van der Waals surface area (Å²) in [6.07, 6.45) is 6.07. The van der Waals surface area contributed by atoms with Crippen LogP contribution in [0, 0.1) is 5.92 Å². The maximum Gasteiger partial charge on any atom is 0.223 e. The van der Waals surface area contributed by atoms with Crippen LogP contribution >= 0.6 is 11.3 Å². The lowest BCUT2D eigenvalue weighted by molar-refractivity contribution is -0.125. The number of amides is 1. The van der Waals surface area contributed by atoms with Crippen molar-refractivity contribution in [1.29, 1.82) is 0 Å². The highest BCUT2D eigenvalue weighted by atomic mass is 32.1. The molecule has 1 N–H and O–H groups in total. The molecule has 0 bridgehead atoms. The highest BCUT2D eigenvalue weighted by Gasteiger charge is 2.27. The van der Waals surface area contributed by atoms with Gasteiger partial charge >= 0.3 is 0 Å². The summed E-state index contributed by atoms with van der Waals surface area (Å²) in [5, 5.41) is 4.06. The minimum Gasteiger partial charge on any atom is -0.497 e. The monoisotopic (exact) mass is 379 g/mol. The summed E-state index contributed by atoms with van der Waals surface area (Å²) in [6.45, 7) is 0.538. The average molecular weight is 379 g/mol. The van der Waals surface area contributed by atoms with Crippen molar-refractivity contribution in [2.24, 2.45) is 5.92 Å². The Hall–Kier alpha value is -2.73. The van der Waals surface area contributed by atoms with Crippen LogP contribution < -0.4 is 10.1 Å². The van der Waals surface area contributed by atoms with Crippen LogP contribution in [0.3, 0.4) is 0 Å². The first-order valence-electron chi connectivity index (χ1n) is 9.02. The van der Waals surface area contributed by atoms with E-state index in [1.54, 1.807) is 24.6 Å². The van der Waals surface area contributed by atoms with Crippen molar-refractivity contribution >= 4 is 17.2 Å². The summed E-state index contributed by atoms with van der Waals surface area (Å²) in [7, 11) is 1.65. The van der Waals surface area contributed by atoms with Crippen LogP contribution in [-0.4, -0.2) is 23.0 Å². The number of fused-ring (bicyclic) bond motifs is 1. The number of pyridine rings is 1. The van der Waals surface area contributed by atoms with Gasteiger partial charge in [-0.3, -0.25) is 9.78 Å². The molecule has 0 spiro atoms. The first-order chi connectivity index (χ1) is 13.2. The SMILES string of the molecule is COc1ccc(CNC(=O)C2CCc3nc(-c4cccnc4)sc3C2)cc1. The van der Waals surface area contributed by atoms with E-state index in [-0.39, 0.29) is 11.8 Å². The van der Waals surface area contributed by atoms with Gasteiger partial charge in [0.05, 0.1) is 12.8 Å². The molecule has 138 valence electrons. The van der Waals surface area contributed by atoms with E-state index in [2.05, 4.69) is 10.3 Å². The van der Waals surface area contributed by atoms with Crippen molar-refractivity contribution in [3.8, 4) is 16.3 Å². The normalized spacial score (nSPS) is 15.8. The fourth-order valence-electron chi connectivity index (χ4n) is 3.29. The zero-order chi connectivity index (χ0) is 18.6. The second kappa shape index (κ2) is 7.88. The topological polar surface area (TPSA) is 64.1 Å². The molecule has 0 saturated carbocycles. The Bertz CT molecular complexity index is 922. The van der Waals surface area contributed by atoms with E-state index in [1.165, 1.54) is 4.88 Å².